The van der Waals surface area contributed by atoms with E-state index in [9.17, 15) is 0 Å². The van der Waals surface area contributed by atoms with E-state index in [-0.39, 0.29) is 0 Å². The van der Waals surface area contributed by atoms with E-state index < -0.39 is 0 Å². The van der Waals surface area contributed by atoms with Gasteiger partial charge in [0.15, 0.2) is 0 Å². The first-order valence-corrected chi connectivity index (χ1v) is 16.9. The van der Waals surface area contributed by atoms with Crippen LogP contribution >= 0.6 is 0 Å². The summed E-state index contributed by atoms with van der Waals surface area (Å²) >= 11 is 0. The molecule has 0 radical (unpaired) electrons. The van der Waals surface area contributed by atoms with Gasteiger partial charge >= 0.3 is 0 Å². The lowest BCUT2D eigenvalue weighted by atomic mass is 10.1. The topological polar surface area (TPSA) is 78.1 Å². The standard InChI is InChI=1S/C6H14.2C5H12.3C4H11N.C4H10.C3H8/c1-4-6(3)5-2;1-4-5(2)3;1-3-5-4-2;3*1-3-4(2)5;1-3-4-2;1-3-2/h6H,4-5H2,1-3H3;5H,4H2,1-3H3;3-5H2,1-2H3;3*4H,3,5H2,1-2H3;3-4H2,1-2H3;3H2,1-2H3. The summed E-state index contributed by atoms with van der Waals surface area (Å²) in [5.41, 5.74) is 15.9. The first-order chi connectivity index (χ1) is 17.6. The molecule has 38 heavy (non-hydrogen) atoms. The molecule has 3 unspecified atom stereocenters. The normalized spacial score (nSPS) is 11.1. The Kier molecular flexibility index (Phi) is 99.8. The first-order valence-electron chi connectivity index (χ1n) is 16.9. The zero-order valence-electron chi connectivity index (χ0n) is 31.1. The largest absolute Gasteiger partial charge is 0.328 e. The lowest BCUT2D eigenvalue weighted by Gasteiger charge is -1.98. The molecule has 3 heteroatoms. The van der Waals surface area contributed by atoms with Crippen LogP contribution in [0.1, 0.15) is 202 Å². The van der Waals surface area contributed by atoms with Gasteiger partial charge in [-0.05, 0) is 51.9 Å². The van der Waals surface area contributed by atoms with E-state index in [1.165, 1.54) is 57.8 Å². The Hall–Kier alpha value is -0.120. The minimum absolute atomic E-state index is 0.384. The Labute approximate surface area is 248 Å². The smallest absolute Gasteiger partial charge is 0.000781 e. The van der Waals surface area contributed by atoms with Crippen molar-refractivity contribution >= 4 is 0 Å². The lowest BCUT2D eigenvalue weighted by Crippen LogP contribution is -2.11. The van der Waals surface area contributed by atoms with E-state index in [4.69, 9.17) is 17.2 Å². The highest BCUT2D eigenvalue weighted by molar-refractivity contribution is 4.44. The maximum absolute atomic E-state index is 5.29. The summed E-state index contributed by atoms with van der Waals surface area (Å²) in [6.07, 6.45) is 15.2. The quantitative estimate of drug-likeness (QED) is 0.266. The van der Waals surface area contributed by atoms with Gasteiger partial charge in [-0.1, -0.05) is 162 Å². The minimum Gasteiger partial charge on any atom is -0.328 e. The van der Waals surface area contributed by atoms with Crippen molar-refractivity contribution in [2.24, 2.45) is 29.0 Å². The molecule has 0 saturated heterocycles. The Morgan fingerprint density at radius 1 is 0.368 bits per heavy atom. The molecule has 0 fully saturated rings. The van der Waals surface area contributed by atoms with E-state index in [1.54, 1.807) is 0 Å². The Balaban J connectivity index is -0.0000000454. The third kappa shape index (κ3) is 197. The Bertz CT molecular complexity index is 224. The number of nitrogens with two attached hydrogens (primary N) is 3. The summed E-state index contributed by atoms with van der Waals surface area (Å²) < 4.78 is 0. The van der Waals surface area contributed by atoms with Crippen LogP contribution in [0.4, 0.5) is 0 Å². The fraction of sp³-hybridized carbons (Fsp3) is 1.00. The van der Waals surface area contributed by atoms with Crippen LogP contribution in [0.5, 0.6) is 0 Å². The molecule has 0 heterocycles. The molecule has 0 aromatic rings. The zero-order chi connectivity index (χ0) is 32.4. The maximum atomic E-state index is 5.29. The van der Waals surface area contributed by atoms with Gasteiger partial charge in [0.2, 0.25) is 0 Å². The van der Waals surface area contributed by atoms with Crippen LogP contribution in [0.3, 0.4) is 0 Å². The van der Waals surface area contributed by atoms with Crippen LogP contribution < -0.4 is 17.2 Å². The highest BCUT2D eigenvalue weighted by Crippen LogP contribution is 2.02. The first kappa shape index (κ1) is 57.7. The SMILES string of the molecule is CCC.CCC(C)C.CCC(C)CC.CCC(C)N.CCC(C)N.CCC(C)N.CCCC.CCCCC. The molecular weight excluding hydrogens is 462 g/mol. The molecule has 0 aromatic carbocycles. The zero-order valence-corrected chi connectivity index (χ0v) is 31.1. The highest BCUT2D eigenvalue weighted by Gasteiger charge is 1.88. The molecule has 0 rings (SSSR count). The van der Waals surface area contributed by atoms with Gasteiger partial charge in [0, 0.05) is 18.1 Å². The summed E-state index contributed by atoms with van der Waals surface area (Å²) in [5.74, 6) is 1.82. The molecule has 6 N–H and O–H groups in total. The third-order valence-corrected chi connectivity index (χ3v) is 5.35. The predicted molar refractivity (Wildman–Crippen MR) is 188 cm³/mol. The van der Waals surface area contributed by atoms with Gasteiger partial charge in [0.25, 0.3) is 0 Å². The van der Waals surface area contributed by atoms with Gasteiger partial charge in [0.05, 0.1) is 0 Å². The monoisotopic (exact) mass is 552 g/mol. The van der Waals surface area contributed by atoms with Crippen molar-refractivity contribution in [2.75, 3.05) is 0 Å². The summed E-state index contributed by atoms with van der Waals surface area (Å²) in [4.78, 5) is 0. The molecule has 0 bridgehead atoms. The van der Waals surface area contributed by atoms with Crippen molar-refractivity contribution in [3.05, 3.63) is 0 Å². The second kappa shape index (κ2) is 65.7. The molecule has 0 aliphatic carbocycles. The molecular formula is C35H89N3. The van der Waals surface area contributed by atoms with Crippen LogP contribution in [0.2, 0.25) is 0 Å². The average Bonchev–Trinajstić information content (AvgIpc) is 2.90. The third-order valence-electron chi connectivity index (χ3n) is 5.35. The van der Waals surface area contributed by atoms with Crippen molar-refractivity contribution in [1.82, 2.24) is 0 Å². The van der Waals surface area contributed by atoms with Gasteiger partial charge in [0.1, 0.15) is 0 Å². The van der Waals surface area contributed by atoms with Gasteiger partial charge < -0.3 is 17.2 Å². The molecule has 3 nitrogen and oxygen atoms in total. The van der Waals surface area contributed by atoms with Crippen molar-refractivity contribution < 1.29 is 0 Å². The van der Waals surface area contributed by atoms with E-state index in [2.05, 4.69) is 104 Å². The minimum atomic E-state index is 0.384. The maximum Gasteiger partial charge on any atom is 0.000781 e. The second-order valence-electron chi connectivity index (χ2n) is 10.9. The lowest BCUT2D eigenvalue weighted by molar-refractivity contribution is 0.544. The number of rotatable bonds is 9. The van der Waals surface area contributed by atoms with Crippen LogP contribution in [0.25, 0.3) is 0 Å². The van der Waals surface area contributed by atoms with Gasteiger partial charge in [-0.15, -0.1) is 0 Å². The predicted octanol–water partition coefficient (Wildman–Crippen LogP) is 12.1. The number of hydrogen-bond acceptors (Lipinski definition) is 3. The van der Waals surface area contributed by atoms with Crippen LogP contribution in [-0.4, -0.2) is 18.1 Å². The van der Waals surface area contributed by atoms with Crippen LogP contribution in [-0.2, 0) is 0 Å². The average molecular weight is 552 g/mol. The van der Waals surface area contributed by atoms with E-state index in [0.717, 1.165) is 31.1 Å². The number of unbranched alkanes of at least 4 members (excludes halogenated alkanes) is 3. The molecule has 0 aliphatic rings. The molecule has 244 valence electrons. The number of hydrogen-bond donors (Lipinski definition) is 3. The summed E-state index contributed by atoms with van der Waals surface area (Å²) in [6.45, 7) is 38.6. The second-order valence-corrected chi connectivity index (χ2v) is 10.9. The molecule has 0 amide bonds. The summed E-state index contributed by atoms with van der Waals surface area (Å²) in [7, 11) is 0. The summed E-state index contributed by atoms with van der Waals surface area (Å²) in [6, 6.07) is 1.15. The Morgan fingerprint density at radius 2 is 0.553 bits per heavy atom. The van der Waals surface area contributed by atoms with Crippen molar-refractivity contribution in [1.29, 1.82) is 0 Å². The van der Waals surface area contributed by atoms with Crippen molar-refractivity contribution in [2.45, 2.75) is 220 Å². The highest BCUT2D eigenvalue weighted by atomic mass is 14.6. The van der Waals surface area contributed by atoms with Gasteiger partial charge in [-0.3, -0.25) is 0 Å². The van der Waals surface area contributed by atoms with Crippen molar-refractivity contribution in [3.8, 4) is 0 Å². The molecule has 0 spiro atoms. The fourth-order valence-electron chi connectivity index (χ4n) is 0.642. The summed E-state index contributed by atoms with van der Waals surface area (Å²) in [5, 5.41) is 0. The molecule has 0 aliphatic heterocycles. The van der Waals surface area contributed by atoms with Crippen molar-refractivity contribution in [3.63, 3.8) is 0 Å². The molecule has 0 saturated carbocycles. The van der Waals surface area contributed by atoms with Crippen LogP contribution in [0, 0.1) is 11.8 Å². The molecule has 3 atom stereocenters. The molecule has 0 aromatic heterocycles. The van der Waals surface area contributed by atoms with Gasteiger partial charge in [-0.25, -0.2) is 0 Å². The van der Waals surface area contributed by atoms with E-state index in [0.29, 0.717) is 18.1 Å². The van der Waals surface area contributed by atoms with Gasteiger partial charge in [-0.2, -0.15) is 0 Å². The fourth-order valence-corrected chi connectivity index (χ4v) is 0.642. The van der Waals surface area contributed by atoms with E-state index in [1.807, 2.05) is 20.8 Å². The van der Waals surface area contributed by atoms with Crippen LogP contribution in [0.15, 0.2) is 0 Å². The Morgan fingerprint density at radius 3 is 0.553 bits per heavy atom. The van der Waals surface area contributed by atoms with E-state index >= 15 is 0 Å².